The molecule has 1 nitrogen and oxygen atoms in total. The van der Waals surface area contributed by atoms with Crippen molar-refractivity contribution in [1.82, 2.24) is 0 Å². The molecule has 0 saturated carbocycles. The molecule has 0 aliphatic heterocycles. The fraction of sp³-hybridized carbons (Fsp3) is 0.455. The van der Waals surface area contributed by atoms with Crippen LogP contribution in [0.2, 0.25) is 0 Å². The largest absolute Gasteiger partial charge is 0.378 e. The average molecular weight is 163 g/mol. The highest BCUT2D eigenvalue weighted by molar-refractivity contribution is 5.47. The standard InChI is InChI=1S/C11H17N/c1-4-6-10-7-5-8-11(9-10)12(2)3/h5,7-9H,4,6H2,1-3H3. The van der Waals surface area contributed by atoms with E-state index in [4.69, 9.17) is 0 Å². The molecule has 0 unspecified atom stereocenters. The first-order valence-electron chi connectivity index (χ1n) is 4.50. The quantitative estimate of drug-likeness (QED) is 0.662. The van der Waals surface area contributed by atoms with Crippen molar-refractivity contribution in [3.8, 4) is 0 Å². The maximum atomic E-state index is 2.25. The predicted molar refractivity (Wildman–Crippen MR) is 54.8 cm³/mol. The molecule has 0 aliphatic carbocycles. The van der Waals surface area contributed by atoms with E-state index in [0.29, 0.717) is 0 Å². The lowest BCUT2D eigenvalue weighted by Crippen LogP contribution is -2.08. The monoisotopic (exact) mass is 163 g/mol. The lowest BCUT2D eigenvalue weighted by Gasteiger charge is -2.13. The van der Waals surface area contributed by atoms with Gasteiger partial charge in [-0.1, -0.05) is 25.5 Å². The first-order chi connectivity index (χ1) is 5.74. The zero-order chi connectivity index (χ0) is 8.97. The molecule has 0 aromatic heterocycles. The van der Waals surface area contributed by atoms with E-state index in [1.807, 2.05) is 0 Å². The molecule has 66 valence electrons. The molecule has 0 aliphatic rings. The highest BCUT2D eigenvalue weighted by Crippen LogP contribution is 2.14. The highest BCUT2D eigenvalue weighted by Gasteiger charge is 1.95. The lowest BCUT2D eigenvalue weighted by atomic mass is 10.1. The summed E-state index contributed by atoms with van der Waals surface area (Å²) in [6.07, 6.45) is 2.40. The number of hydrogen-bond acceptors (Lipinski definition) is 1. The van der Waals surface area contributed by atoms with Crippen LogP contribution in [0.15, 0.2) is 24.3 Å². The number of benzene rings is 1. The summed E-state index contributed by atoms with van der Waals surface area (Å²) in [5, 5.41) is 0. The first-order valence-corrected chi connectivity index (χ1v) is 4.50. The first kappa shape index (κ1) is 9.11. The summed E-state index contributed by atoms with van der Waals surface area (Å²) in [4.78, 5) is 2.14. The number of rotatable bonds is 3. The summed E-state index contributed by atoms with van der Waals surface area (Å²) in [7, 11) is 4.15. The molecule has 1 aromatic rings. The molecule has 0 saturated heterocycles. The van der Waals surface area contributed by atoms with Gasteiger partial charge in [-0.3, -0.25) is 0 Å². The second kappa shape index (κ2) is 4.15. The van der Waals surface area contributed by atoms with Crippen LogP contribution in [0.1, 0.15) is 18.9 Å². The van der Waals surface area contributed by atoms with Crippen LogP contribution in [-0.4, -0.2) is 14.1 Å². The van der Waals surface area contributed by atoms with Gasteiger partial charge >= 0.3 is 0 Å². The van der Waals surface area contributed by atoms with Crippen LogP contribution >= 0.6 is 0 Å². The second-order valence-electron chi connectivity index (χ2n) is 3.31. The Kier molecular flexibility index (Phi) is 3.15. The van der Waals surface area contributed by atoms with Gasteiger partial charge in [0.25, 0.3) is 0 Å². The maximum absolute atomic E-state index is 2.25. The van der Waals surface area contributed by atoms with Crippen molar-refractivity contribution in [2.75, 3.05) is 19.0 Å². The number of hydrogen-bond donors (Lipinski definition) is 0. The van der Waals surface area contributed by atoms with E-state index in [1.165, 1.54) is 24.1 Å². The van der Waals surface area contributed by atoms with Crippen molar-refractivity contribution in [1.29, 1.82) is 0 Å². The fourth-order valence-electron chi connectivity index (χ4n) is 1.28. The van der Waals surface area contributed by atoms with E-state index in [1.54, 1.807) is 0 Å². The Morgan fingerprint density at radius 3 is 2.58 bits per heavy atom. The van der Waals surface area contributed by atoms with Gasteiger partial charge in [0, 0.05) is 19.8 Å². The third-order valence-electron chi connectivity index (χ3n) is 1.97. The van der Waals surface area contributed by atoms with Crippen molar-refractivity contribution in [3.05, 3.63) is 29.8 Å². The summed E-state index contributed by atoms with van der Waals surface area (Å²) in [6.45, 7) is 2.21. The van der Waals surface area contributed by atoms with Gasteiger partial charge in [0.05, 0.1) is 0 Å². The van der Waals surface area contributed by atoms with Gasteiger partial charge in [0.15, 0.2) is 0 Å². The third kappa shape index (κ3) is 2.26. The van der Waals surface area contributed by atoms with Crippen LogP contribution in [0, 0.1) is 0 Å². The molecule has 0 amide bonds. The fourth-order valence-corrected chi connectivity index (χ4v) is 1.28. The van der Waals surface area contributed by atoms with Gasteiger partial charge in [-0.05, 0) is 24.1 Å². The highest BCUT2D eigenvalue weighted by atomic mass is 15.1. The van der Waals surface area contributed by atoms with E-state index >= 15 is 0 Å². The summed E-state index contributed by atoms with van der Waals surface area (Å²) in [5.41, 5.74) is 2.73. The topological polar surface area (TPSA) is 3.24 Å². The molecule has 1 rings (SSSR count). The molecular formula is C11H17N. The minimum Gasteiger partial charge on any atom is -0.378 e. The Balaban J connectivity index is 2.81. The number of anilines is 1. The van der Waals surface area contributed by atoms with E-state index < -0.39 is 0 Å². The summed E-state index contributed by atoms with van der Waals surface area (Å²) in [5.74, 6) is 0. The van der Waals surface area contributed by atoms with Crippen molar-refractivity contribution in [2.45, 2.75) is 19.8 Å². The summed E-state index contributed by atoms with van der Waals surface area (Å²) < 4.78 is 0. The van der Waals surface area contributed by atoms with Crippen molar-refractivity contribution >= 4 is 5.69 Å². The van der Waals surface area contributed by atoms with Gasteiger partial charge in [0.2, 0.25) is 0 Å². The maximum Gasteiger partial charge on any atom is 0.0363 e. The Bertz CT molecular complexity index is 241. The molecule has 0 spiro atoms. The van der Waals surface area contributed by atoms with Gasteiger partial charge in [0.1, 0.15) is 0 Å². The van der Waals surface area contributed by atoms with Gasteiger partial charge in [-0.15, -0.1) is 0 Å². The van der Waals surface area contributed by atoms with Crippen LogP contribution in [0.4, 0.5) is 5.69 Å². The Morgan fingerprint density at radius 2 is 2.00 bits per heavy atom. The molecule has 0 N–H and O–H groups in total. The number of aryl methyl sites for hydroxylation is 1. The van der Waals surface area contributed by atoms with E-state index in [0.717, 1.165) is 0 Å². The van der Waals surface area contributed by atoms with Crippen molar-refractivity contribution < 1.29 is 0 Å². The molecule has 0 heterocycles. The zero-order valence-corrected chi connectivity index (χ0v) is 8.17. The van der Waals surface area contributed by atoms with E-state index in [9.17, 15) is 0 Å². The lowest BCUT2D eigenvalue weighted by molar-refractivity contribution is 0.920. The van der Waals surface area contributed by atoms with Crippen LogP contribution in [0.3, 0.4) is 0 Å². The molecule has 0 atom stereocenters. The molecular weight excluding hydrogens is 146 g/mol. The van der Waals surface area contributed by atoms with E-state index in [2.05, 4.69) is 50.2 Å². The van der Waals surface area contributed by atoms with Crippen LogP contribution < -0.4 is 4.90 Å². The predicted octanol–water partition coefficient (Wildman–Crippen LogP) is 2.71. The minimum atomic E-state index is 1.18. The molecule has 0 bridgehead atoms. The molecule has 12 heavy (non-hydrogen) atoms. The van der Waals surface area contributed by atoms with Crippen molar-refractivity contribution in [3.63, 3.8) is 0 Å². The smallest absolute Gasteiger partial charge is 0.0363 e. The number of nitrogens with zero attached hydrogens (tertiary/aromatic N) is 1. The van der Waals surface area contributed by atoms with Gasteiger partial charge in [-0.25, -0.2) is 0 Å². The average Bonchev–Trinajstić information content (AvgIpc) is 2.05. The summed E-state index contributed by atoms with van der Waals surface area (Å²) >= 11 is 0. The Hall–Kier alpha value is -0.980. The second-order valence-corrected chi connectivity index (χ2v) is 3.31. The minimum absolute atomic E-state index is 1.18. The van der Waals surface area contributed by atoms with E-state index in [-0.39, 0.29) is 0 Å². The Morgan fingerprint density at radius 1 is 1.25 bits per heavy atom. The molecule has 1 heteroatoms. The summed E-state index contributed by atoms with van der Waals surface area (Å²) in [6, 6.07) is 8.71. The molecule has 1 aromatic carbocycles. The van der Waals surface area contributed by atoms with Gasteiger partial charge < -0.3 is 4.90 Å². The molecule has 0 fully saturated rings. The molecule has 0 radical (unpaired) electrons. The SMILES string of the molecule is CCCc1cccc(N(C)C)c1. The van der Waals surface area contributed by atoms with Crippen LogP contribution in [0.5, 0.6) is 0 Å². The normalized spacial score (nSPS) is 9.92. The zero-order valence-electron chi connectivity index (χ0n) is 8.17. The Labute approximate surface area is 75.0 Å². The third-order valence-corrected chi connectivity index (χ3v) is 1.97. The van der Waals surface area contributed by atoms with Gasteiger partial charge in [-0.2, -0.15) is 0 Å². The van der Waals surface area contributed by atoms with Crippen LogP contribution in [-0.2, 0) is 6.42 Å². The van der Waals surface area contributed by atoms with Crippen molar-refractivity contribution in [2.24, 2.45) is 0 Å². The van der Waals surface area contributed by atoms with Crippen LogP contribution in [0.25, 0.3) is 0 Å².